The molecule has 1 saturated heterocycles. The number of urea groups is 1. The van der Waals surface area contributed by atoms with Gasteiger partial charge in [0.2, 0.25) is 5.91 Å². The molecule has 23 heavy (non-hydrogen) atoms. The van der Waals surface area contributed by atoms with Gasteiger partial charge in [-0.3, -0.25) is 4.79 Å². The van der Waals surface area contributed by atoms with Crippen LogP contribution in [0.5, 0.6) is 0 Å². The molecular weight excluding hydrogens is 290 g/mol. The molecule has 0 aliphatic carbocycles. The van der Waals surface area contributed by atoms with Crippen LogP contribution >= 0.6 is 0 Å². The molecule has 0 bridgehead atoms. The largest absolute Gasteiger partial charge is 0.356 e. The molecule has 1 fully saturated rings. The van der Waals surface area contributed by atoms with Crippen molar-refractivity contribution in [3.63, 3.8) is 0 Å². The minimum Gasteiger partial charge on any atom is -0.356 e. The van der Waals surface area contributed by atoms with E-state index in [0.29, 0.717) is 25.6 Å². The first-order valence-corrected chi connectivity index (χ1v) is 8.45. The number of amides is 3. The molecule has 1 aliphatic rings. The van der Waals surface area contributed by atoms with Crippen molar-refractivity contribution in [1.82, 2.24) is 10.2 Å². The maximum absolute atomic E-state index is 12.3. The third-order valence-electron chi connectivity index (χ3n) is 4.13. The number of carbonyl (C=O) groups excluding carboxylic acids is 2. The van der Waals surface area contributed by atoms with E-state index in [9.17, 15) is 9.59 Å². The third-order valence-corrected chi connectivity index (χ3v) is 4.13. The van der Waals surface area contributed by atoms with Crippen molar-refractivity contribution >= 4 is 17.6 Å². The summed E-state index contributed by atoms with van der Waals surface area (Å²) < 4.78 is 0. The van der Waals surface area contributed by atoms with Crippen LogP contribution in [-0.2, 0) is 4.79 Å². The van der Waals surface area contributed by atoms with Crippen molar-refractivity contribution in [2.45, 2.75) is 33.1 Å². The second-order valence-corrected chi connectivity index (χ2v) is 6.55. The highest BCUT2D eigenvalue weighted by Gasteiger charge is 2.28. The van der Waals surface area contributed by atoms with E-state index in [-0.39, 0.29) is 17.9 Å². The van der Waals surface area contributed by atoms with Gasteiger partial charge in [0.25, 0.3) is 0 Å². The number of carbonyl (C=O) groups is 2. The van der Waals surface area contributed by atoms with E-state index in [2.05, 4.69) is 24.5 Å². The molecule has 2 N–H and O–H groups in total. The van der Waals surface area contributed by atoms with E-state index >= 15 is 0 Å². The lowest BCUT2D eigenvalue weighted by atomic mass is 9.97. The molecule has 1 unspecified atom stereocenters. The summed E-state index contributed by atoms with van der Waals surface area (Å²) in [7, 11) is 0. The van der Waals surface area contributed by atoms with Crippen molar-refractivity contribution in [2.24, 2.45) is 11.8 Å². The quantitative estimate of drug-likeness (QED) is 0.876. The average molecular weight is 317 g/mol. The summed E-state index contributed by atoms with van der Waals surface area (Å²) in [6, 6.07) is 9.27. The first-order chi connectivity index (χ1) is 11.1. The number of hydrogen-bond donors (Lipinski definition) is 2. The molecule has 126 valence electrons. The molecule has 3 amide bonds. The first kappa shape index (κ1) is 17.3. The van der Waals surface area contributed by atoms with Crippen LogP contribution in [0.4, 0.5) is 10.5 Å². The van der Waals surface area contributed by atoms with Gasteiger partial charge in [0.05, 0.1) is 5.92 Å². The van der Waals surface area contributed by atoms with Crippen LogP contribution in [0.25, 0.3) is 0 Å². The lowest BCUT2D eigenvalue weighted by Gasteiger charge is -2.32. The highest BCUT2D eigenvalue weighted by molar-refractivity contribution is 5.90. The molecule has 1 aliphatic heterocycles. The summed E-state index contributed by atoms with van der Waals surface area (Å²) in [4.78, 5) is 26.3. The van der Waals surface area contributed by atoms with Crippen molar-refractivity contribution in [3.8, 4) is 0 Å². The second-order valence-electron chi connectivity index (χ2n) is 6.55. The highest BCUT2D eigenvalue weighted by atomic mass is 16.2. The Morgan fingerprint density at radius 3 is 2.70 bits per heavy atom. The maximum Gasteiger partial charge on any atom is 0.321 e. The van der Waals surface area contributed by atoms with E-state index in [1.807, 2.05) is 30.3 Å². The van der Waals surface area contributed by atoms with Crippen LogP contribution in [0.3, 0.4) is 0 Å². The Labute approximate surface area is 138 Å². The topological polar surface area (TPSA) is 61.4 Å². The molecule has 5 nitrogen and oxygen atoms in total. The minimum atomic E-state index is -0.129. The van der Waals surface area contributed by atoms with E-state index < -0.39 is 0 Å². The highest BCUT2D eigenvalue weighted by Crippen LogP contribution is 2.18. The standard InChI is InChI=1S/C18H27N3O2/c1-14(2)10-11-19-17(22)15-7-6-12-21(13-15)18(23)20-16-8-4-3-5-9-16/h3-5,8-9,14-15H,6-7,10-13H2,1-2H3,(H,19,22)(H,20,23). The molecule has 5 heteroatoms. The van der Waals surface area contributed by atoms with Crippen molar-refractivity contribution in [2.75, 3.05) is 25.0 Å². The fraction of sp³-hybridized carbons (Fsp3) is 0.556. The Kier molecular flexibility index (Phi) is 6.44. The Balaban J connectivity index is 1.82. The van der Waals surface area contributed by atoms with Crippen LogP contribution < -0.4 is 10.6 Å². The number of rotatable bonds is 5. The summed E-state index contributed by atoms with van der Waals surface area (Å²) >= 11 is 0. The predicted octanol–water partition coefficient (Wildman–Crippen LogP) is 3.09. The van der Waals surface area contributed by atoms with Gasteiger partial charge in [0.1, 0.15) is 0 Å². The van der Waals surface area contributed by atoms with Gasteiger partial charge in [-0.2, -0.15) is 0 Å². The number of hydrogen-bond acceptors (Lipinski definition) is 2. The van der Waals surface area contributed by atoms with Crippen molar-refractivity contribution in [3.05, 3.63) is 30.3 Å². The number of piperidine rings is 1. The Hall–Kier alpha value is -2.04. The molecule has 0 spiro atoms. The molecule has 1 atom stereocenters. The average Bonchev–Trinajstić information content (AvgIpc) is 2.55. The SMILES string of the molecule is CC(C)CCNC(=O)C1CCCN(C(=O)Nc2ccccc2)C1. The van der Waals surface area contributed by atoms with E-state index in [4.69, 9.17) is 0 Å². The van der Waals surface area contributed by atoms with Gasteiger partial charge >= 0.3 is 6.03 Å². The van der Waals surface area contributed by atoms with Crippen LogP contribution in [0, 0.1) is 11.8 Å². The van der Waals surface area contributed by atoms with Crippen LogP contribution in [-0.4, -0.2) is 36.5 Å². The zero-order valence-corrected chi connectivity index (χ0v) is 14.0. The molecule has 0 aromatic heterocycles. The Bertz CT molecular complexity index is 516. The Morgan fingerprint density at radius 2 is 2.00 bits per heavy atom. The normalized spacial score (nSPS) is 17.9. The number of nitrogens with zero attached hydrogens (tertiary/aromatic N) is 1. The van der Waals surface area contributed by atoms with Gasteiger partial charge in [-0.25, -0.2) is 4.79 Å². The van der Waals surface area contributed by atoms with E-state index in [1.165, 1.54) is 0 Å². The number of nitrogens with one attached hydrogen (secondary N) is 2. The van der Waals surface area contributed by atoms with Gasteiger partial charge in [0, 0.05) is 25.3 Å². The van der Waals surface area contributed by atoms with Crippen LogP contribution in [0.2, 0.25) is 0 Å². The molecule has 0 saturated carbocycles. The summed E-state index contributed by atoms with van der Waals surface area (Å²) in [5.74, 6) is 0.551. The van der Waals surface area contributed by atoms with Crippen molar-refractivity contribution in [1.29, 1.82) is 0 Å². The summed E-state index contributed by atoms with van der Waals surface area (Å²) in [6.45, 7) is 6.19. The van der Waals surface area contributed by atoms with Crippen LogP contribution in [0.15, 0.2) is 30.3 Å². The zero-order chi connectivity index (χ0) is 16.7. The number of para-hydroxylation sites is 1. The molecule has 1 aromatic carbocycles. The zero-order valence-electron chi connectivity index (χ0n) is 14.0. The molecule has 1 heterocycles. The predicted molar refractivity (Wildman–Crippen MR) is 92.2 cm³/mol. The smallest absolute Gasteiger partial charge is 0.321 e. The fourth-order valence-corrected chi connectivity index (χ4v) is 2.73. The molecule has 1 aromatic rings. The second kappa shape index (κ2) is 8.56. The number of likely N-dealkylation sites (tertiary alicyclic amines) is 1. The number of benzene rings is 1. The van der Waals surface area contributed by atoms with Gasteiger partial charge in [0.15, 0.2) is 0 Å². The fourth-order valence-electron chi connectivity index (χ4n) is 2.73. The minimum absolute atomic E-state index is 0.0721. The lowest BCUT2D eigenvalue weighted by molar-refractivity contribution is -0.126. The first-order valence-electron chi connectivity index (χ1n) is 8.45. The monoisotopic (exact) mass is 317 g/mol. The number of anilines is 1. The maximum atomic E-state index is 12.3. The van der Waals surface area contributed by atoms with Gasteiger partial charge in [-0.15, -0.1) is 0 Å². The molecule has 2 rings (SSSR count). The van der Waals surface area contributed by atoms with Crippen LogP contribution in [0.1, 0.15) is 33.1 Å². The molecular formula is C18H27N3O2. The lowest BCUT2D eigenvalue weighted by Crippen LogP contribution is -2.47. The van der Waals surface area contributed by atoms with Crippen molar-refractivity contribution < 1.29 is 9.59 Å². The van der Waals surface area contributed by atoms with Gasteiger partial charge < -0.3 is 15.5 Å². The van der Waals surface area contributed by atoms with Gasteiger partial charge in [-0.05, 0) is 37.3 Å². The Morgan fingerprint density at radius 1 is 1.26 bits per heavy atom. The third kappa shape index (κ3) is 5.58. The molecule has 0 radical (unpaired) electrons. The summed E-state index contributed by atoms with van der Waals surface area (Å²) in [6.07, 6.45) is 2.70. The summed E-state index contributed by atoms with van der Waals surface area (Å²) in [5.41, 5.74) is 0.779. The van der Waals surface area contributed by atoms with E-state index in [1.54, 1.807) is 4.90 Å². The van der Waals surface area contributed by atoms with Gasteiger partial charge in [-0.1, -0.05) is 32.0 Å². The van der Waals surface area contributed by atoms with E-state index in [0.717, 1.165) is 24.9 Å². The summed E-state index contributed by atoms with van der Waals surface area (Å²) in [5, 5.41) is 5.88.